The first kappa shape index (κ1) is 15.0. The molecule has 0 aliphatic carbocycles. The Hall–Kier alpha value is -2.44. The second-order valence-electron chi connectivity index (χ2n) is 4.39. The number of methoxy groups -OCH3 is 1. The largest absolute Gasteiger partial charge is 0.493 e. The fourth-order valence-corrected chi connectivity index (χ4v) is 1.89. The van der Waals surface area contributed by atoms with Crippen molar-refractivity contribution in [2.24, 2.45) is 0 Å². The summed E-state index contributed by atoms with van der Waals surface area (Å²) in [6.07, 6.45) is -0.338. The van der Waals surface area contributed by atoms with Gasteiger partial charge in [0, 0.05) is 13.1 Å². The van der Waals surface area contributed by atoms with Crippen molar-refractivity contribution in [3.8, 4) is 11.5 Å². The van der Waals surface area contributed by atoms with E-state index in [1.54, 1.807) is 23.1 Å². The number of benzene rings is 1. The van der Waals surface area contributed by atoms with Crippen LogP contribution < -0.4 is 14.8 Å². The van der Waals surface area contributed by atoms with Crippen molar-refractivity contribution in [1.82, 2.24) is 10.2 Å². The van der Waals surface area contributed by atoms with Crippen molar-refractivity contribution in [2.75, 3.05) is 40.0 Å². The number of carbonyl (C=O) groups excluding carboxylic acids is 2. The Morgan fingerprint density at radius 1 is 1.38 bits per heavy atom. The average molecular weight is 294 g/mol. The highest BCUT2D eigenvalue weighted by atomic mass is 16.6. The Balaban J connectivity index is 1.69. The quantitative estimate of drug-likeness (QED) is 0.798. The predicted molar refractivity (Wildman–Crippen MR) is 74.4 cm³/mol. The van der Waals surface area contributed by atoms with Gasteiger partial charge in [-0.05, 0) is 12.1 Å². The molecule has 0 bridgehead atoms. The Morgan fingerprint density at radius 3 is 2.81 bits per heavy atom. The summed E-state index contributed by atoms with van der Waals surface area (Å²) in [5, 5.41) is 2.68. The summed E-state index contributed by atoms with van der Waals surface area (Å²) in [6, 6.07) is 7.11. The topological polar surface area (TPSA) is 77.1 Å². The zero-order chi connectivity index (χ0) is 15.1. The highest BCUT2D eigenvalue weighted by Crippen LogP contribution is 2.25. The molecule has 7 nitrogen and oxygen atoms in total. The second kappa shape index (κ2) is 7.37. The SMILES string of the molecule is COc1ccccc1OCC(=O)NCCN1CCOC1=O. The molecule has 1 aromatic carbocycles. The summed E-state index contributed by atoms with van der Waals surface area (Å²) in [5.74, 6) is 0.830. The lowest BCUT2D eigenvalue weighted by atomic mass is 10.3. The van der Waals surface area contributed by atoms with Gasteiger partial charge < -0.3 is 24.4 Å². The van der Waals surface area contributed by atoms with E-state index >= 15 is 0 Å². The molecule has 1 aromatic rings. The molecule has 0 atom stereocenters. The van der Waals surface area contributed by atoms with Crippen molar-refractivity contribution in [1.29, 1.82) is 0 Å². The Morgan fingerprint density at radius 2 is 2.14 bits per heavy atom. The number of cyclic esters (lactones) is 1. The number of nitrogens with one attached hydrogen (secondary N) is 1. The number of amides is 2. The lowest BCUT2D eigenvalue weighted by Gasteiger charge is -2.13. The number of para-hydroxylation sites is 2. The molecule has 1 N–H and O–H groups in total. The van der Waals surface area contributed by atoms with Gasteiger partial charge in [0.15, 0.2) is 18.1 Å². The van der Waals surface area contributed by atoms with Crippen LogP contribution in [0.1, 0.15) is 0 Å². The van der Waals surface area contributed by atoms with E-state index in [1.807, 2.05) is 6.07 Å². The zero-order valence-electron chi connectivity index (χ0n) is 11.8. The summed E-state index contributed by atoms with van der Waals surface area (Å²) in [7, 11) is 1.54. The van der Waals surface area contributed by atoms with Gasteiger partial charge in [0.25, 0.3) is 5.91 Å². The van der Waals surface area contributed by atoms with E-state index in [0.717, 1.165) is 0 Å². The minimum atomic E-state index is -0.338. The molecule has 0 spiro atoms. The third-order valence-electron chi connectivity index (χ3n) is 2.98. The van der Waals surface area contributed by atoms with Gasteiger partial charge in [-0.1, -0.05) is 12.1 Å². The molecular formula is C14H18N2O5. The first-order valence-corrected chi connectivity index (χ1v) is 6.65. The summed E-state index contributed by atoms with van der Waals surface area (Å²) < 4.78 is 15.3. The smallest absolute Gasteiger partial charge is 0.409 e. The highest BCUT2D eigenvalue weighted by molar-refractivity contribution is 5.77. The van der Waals surface area contributed by atoms with Crippen LogP contribution in [-0.2, 0) is 9.53 Å². The maximum absolute atomic E-state index is 11.7. The summed E-state index contributed by atoms with van der Waals surface area (Å²) in [4.78, 5) is 24.4. The molecule has 2 amide bonds. The molecule has 2 rings (SSSR count). The third-order valence-corrected chi connectivity index (χ3v) is 2.98. The number of nitrogens with zero attached hydrogens (tertiary/aromatic N) is 1. The van der Waals surface area contributed by atoms with E-state index in [-0.39, 0.29) is 18.6 Å². The van der Waals surface area contributed by atoms with Gasteiger partial charge in [-0.15, -0.1) is 0 Å². The lowest BCUT2D eigenvalue weighted by molar-refractivity contribution is -0.123. The van der Waals surface area contributed by atoms with Crippen LogP contribution in [0, 0.1) is 0 Å². The van der Waals surface area contributed by atoms with Crippen molar-refractivity contribution in [2.45, 2.75) is 0 Å². The minimum absolute atomic E-state index is 0.106. The van der Waals surface area contributed by atoms with Gasteiger partial charge in [-0.25, -0.2) is 4.79 Å². The molecule has 0 saturated carbocycles. The monoisotopic (exact) mass is 294 g/mol. The van der Waals surface area contributed by atoms with Gasteiger partial charge in [0.2, 0.25) is 0 Å². The molecule has 7 heteroatoms. The maximum atomic E-state index is 11.7. The van der Waals surface area contributed by atoms with E-state index in [4.69, 9.17) is 14.2 Å². The van der Waals surface area contributed by atoms with E-state index in [1.165, 1.54) is 7.11 Å². The third kappa shape index (κ3) is 4.27. The first-order valence-electron chi connectivity index (χ1n) is 6.65. The minimum Gasteiger partial charge on any atom is -0.493 e. The van der Waals surface area contributed by atoms with E-state index in [9.17, 15) is 9.59 Å². The fraction of sp³-hybridized carbons (Fsp3) is 0.429. The van der Waals surface area contributed by atoms with Crippen molar-refractivity contribution < 1.29 is 23.8 Å². The Labute approximate surface area is 122 Å². The van der Waals surface area contributed by atoms with Crippen LogP contribution in [0.15, 0.2) is 24.3 Å². The van der Waals surface area contributed by atoms with E-state index in [0.29, 0.717) is 37.7 Å². The molecule has 0 unspecified atom stereocenters. The van der Waals surface area contributed by atoms with Gasteiger partial charge in [-0.2, -0.15) is 0 Å². The van der Waals surface area contributed by atoms with Crippen LogP contribution in [0.25, 0.3) is 0 Å². The molecule has 21 heavy (non-hydrogen) atoms. The Bertz CT molecular complexity index is 506. The molecule has 0 aromatic heterocycles. The fourth-order valence-electron chi connectivity index (χ4n) is 1.89. The number of hydrogen-bond donors (Lipinski definition) is 1. The lowest BCUT2D eigenvalue weighted by Crippen LogP contribution is -2.37. The number of hydrogen-bond acceptors (Lipinski definition) is 5. The van der Waals surface area contributed by atoms with Gasteiger partial charge >= 0.3 is 6.09 Å². The van der Waals surface area contributed by atoms with Crippen LogP contribution in [0.3, 0.4) is 0 Å². The van der Waals surface area contributed by atoms with Crippen LogP contribution in [0.5, 0.6) is 11.5 Å². The maximum Gasteiger partial charge on any atom is 0.409 e. The number of ether oxygens (including phenoxy) is 3. The molecule has 114 valence electrons. The van der Waals surface area contributed by atoms with Gasteiger partial charge in [0.05, 0.1) is 13.7 Å². The standard InChI is InChI=1S/C14H18N2O5/c1-19-11-4-2-3-5-12(11)21-10-13(17)15-6-7-16-8-9-20-14(16)18/h2-5H,6-10H2,1H3,(H,15,17). The van der Waals surface area contributed by atoms with E-state index in [2.05, 4.69) is 5.32 Å². The van der Waals surface area contributed by atoms with Crippen molar-refractivity contribution in [3.63, 3.8) is 0 Å². The van der Waals surface area contributed by atoms with Crippen LogP contribution >= 0.6 is 0 Å². The number of carbonyl (C=O) groups is 2. The summed E-state index contributed by atoms with van der Waals surface area (Å²) in [5.41, 5.74) is 0. The van der Waals surface area contributed by atoms with Gasteiger partial charge in [-0.3, -0.25) is 4.79 Å². The zero-order valence-corrected chi connectivity index (χ0v) is 11.8. The Kier molecular flexibility index (Phi) is 5.25. The summed E-state index contributed by atoms with van der Waals surface area (Å²) in [6.45, 7) is 1.66. The molecule has 1 heterocycles. The first-order chi connectivity index (χ1) is 10.2. The van der Waals surface area contributed by atoms with Crippen LogP contribution in [-0.4, -0.2) is 56.9 Å². The molecule has 1 fully saturated rings. The highest BCUT2D eigenvalue weighted by Gasteiger charge is 2.21. The van der Waals surface area contributed by atoms with Crippen molar-refractivity contribution in [3.05, 3.63) is 24.3 Å². The van der Waals surface area contributed by atoms with Gasteiger partial charge in [0.1, 0.15) is 6.61 Å². The van der Waals surface area contributed by atoms with E-state index < -0.39 is 0 Å². The van der Waals surface area contributed by atoms with Crippen LogP contribution in [0.4, 0.5) is 4.79 Å². The average Bonchev–Trinajstić information content (AvgIpc) is 2.91. The number of rotatable bonds is 7. The molecular weight excluding hydrogens is 276 g/mol. The molecule has 1 aliphatic heterocycles. The van der Waals surface area contributed by atoms with Crippen molar-refractivity contribution >= 4 is 12.0 Å². The van der Waals surface area contributed by atoms with Crippen LogP contribution in [0.2, 0.25) is 0 Å². The summed E-state index contributed by atoms with van der Waals surface area (Å²) >= 11 is 0. The second-order valence-corrected chi connectivity index (χ2v) is 4.39. The normalized spacial score (nSPS) is 13.8. The molecule has 1 saturated heterocycles. The molecule has 1 aliphatic rings. The molecule has 0 radical (unpaired) electrons. The predicted octanol–water partition coefficient (Wildman–Crippen LogP) is 0.642.